The van der Waals surface area contributed by atoms with Gasteiger partial charge in [-0.25, -0.2) is 9.37 Å². The van der Waals surface area contributed by atoms with Crippen molar-refractivity contribution in [2.75, 3.05) is 5.88 Å². The molecule has 3 rings (SSSR count). The van der Waals surface area contributed by atoms with Crippen LogP contribution in [-0.2, 0) is 19.4 Å². The Morgan fingerprint density at radius 1 is 1.25 bits per heavy atom. The minimum absolute atomic E-state index is 0.252. The molecule has 0 aliphatic heterocycles. The lowest BCUT2D eigenvalue weighted by molar-refractivity contribution is 0.629. The number of hydrogen-bond acceptors (Lipinski definition) is 2. The van der Waals surface area contributed by atoms with Crippen LogP contribution in [0.2, 0.25) is 0 Å². The molecule has 0 saturated carbocycles. The Bertz CT molecular complexity index is 706. The Morgan fingerprint density at radius 2 is 2.15 bits per heavy atom. The van der Waals surface area contributed by atoms with Crippen LogP contribution in [0.1, 0.15) is 11.4 Å². The second-order valence-corrected chi connectivity index (χ2v) is 5.79. The minimum Gasteiger partial charge on any atom is -0.328 e. The van der Waals surface area contributed by atoms with Crippen LogP contribution in [0.5, 0.6) is 0 Å². The van der Waals surface area contributed by atoms with E-state index in [1.165, 1.54) is 17.7 Å². The smallest absolute Gasteiger partial charge is 0.125 e. The zero-order valence-electron chi connectivity index (χ0n) is 10.9. The summed E-state index contributed by atoms with van der Waals surface area (Å²) in [7, 11) is 0. The number of aryl methyl sites for hydroxylation is 3. The van der Waals surface area contributed by atoms with E-state index in [1.54, 1.807) is 17.4 Å². The fourth-order valence-electron chi connectivity index (χ4n) is 2.35. The normalized spacial score (nSPS) is 11.3. The maximum Gasteiger partial charge on any atom is 0.125 e. The highest BCUT2D eigenvalue weighted by Crippen LogP contribution is 2.19. The van der Waals surface area contributed by atoms with Crippen molar-refractivity contribution in [1.82, 2.24) is 9.55 Å². The van der Waals surface area contributed by atoms with Gasteiger partial charge in [0.1, 0.15) is 11.6 Å². The van der Waals surface area contributed by atoms with Gasteiger partial charge < -0.3 is 4.57 Å². The first-order valence-electron chi connectivity index (χ1n) is 6.49. The molecule has 0 saturated heterocycles. The summed E-state index contributed by atoms with van der Waals surface area (Å²) >= 11 is 7.54. The lowest BCUT2D eigenvalue weighted by Crippen LogP contribution is -2.06. The topological polar surface area (TPSA) is 17.8 Å². The SMILES string of the molecule is Fc1ccc2c(c1)nc(CCCl)n2CCc1ccsc1. The predicted molar refractivity (Wildman–Crippen MR) is 82.1 cm³/mol. The van der Waals surface area contributed by atoms with Gasteiger partial charge in [-0.2, -0.15) is 11.3 Å². The van der Waals surface area contributed by atoms with Crippen LogP contribution < -0.4 is 0 Å². The average Bonchev–Trinajstić information content (AvgIpc) is 3.04. The third kappa shape index (κ3) is 2.72. The maximum absolute atomic E-state index is 13.3. The fourth-order valence-corrected chi connectivity index (χ4v) is 3.23. The average molecular weight is 309 g/mol. The maximum atomic E-state index is 13.3. The standard InChI is InChI=1S/C15H14ClFN2S/c16-6-3-15-18-13-9-12(17)1-2-14(13)19(15)7-4-11-5-8-20-10-11/h1-2,5,8-10H,3-4,6-7H2. The molecule has 0 atom stereocenters. The number of alkyl halides is 1. The molecular formula is C15H14ClFN2S. The van der Waals surface area contributed by atoms with Crippen molar-refractivity contribution in [1.29, 1.82) is 0 Å². The molecule has 0 aliphatic rings. The number of benzene rings is 1. The van der Waals surface area contributed by atoms with Gasteiger partial charge in [-0.3, -0.25) is 0 Å². The van der Waals surface area contributed by atoms with Gasteiger partial charge in [-0.15, -0.1) is 11.6 Å². The van der Waals surface area contributed by atoms with E-state index in [0.717, 1.165) is 24.3 Å². The Morgan fingerprint density at radius 3 is 2.90 bits per heavy atom. The van der Waals surface area contributed by atoms with Crippen molar-refractivity contribution >= 4 is 34.0 Å². The third-order valence-corrected chi connectivity index (χ3v) is 4.23. The molecule has 1 aromatic carbocycles. The highest BCUT2D eigenvalue weighted by Gasteiger charge is 2.11. The lowest BCUT2D eigenvalue weighted by atomic mass is 10.2. The van der Waals surface area contributed by atoms with Gasteiger partial charge in [0.25, 0.3) is 0 Å². The first-order chi connectivity index (χ1) is 9.78. The van der Waals surface area contributed by atoms with Crippen LogP contribution in [0.15, 0.2) is 35.0 Å². The Balaban J connectivity index is 1.95. The lowest BCUT2D eigenvalue weighted by Gasteiger charge is -2.07. The van der Waals surface area contributed by atoms with Crippen LogP contribution in [0.3, 0.4) is 0 Å². The molecule has 2 heterocycles. The summed E-state index contributed by atoms with van der Waals surface area (Å²) in [5.41, 5.74) is 2.99. The summed E-state index contributed by atoms with van der Waals surface area (Å²) in [6.45, 7) is 0.838. The van der Waals surface area contributed by atoms with E-state index in [2.05, 4.69) is 26.4 Å². The predicted octanol–water partition coefficient (Wildman–Crippen LogP) is 4.26. The van der Waals surface area contributed by atoms with Gasteiger partial charge >= 0.3 is 0 Å². The molecule has 20 heavy (non-hydrogen) atoms. The summed E-state index contributed by atoms with van der Waals surface area (Å²) in [4.78, 5) is 4.50. The molecule has 104 valence electrons. The van der Waals surface area contributed by atoms with Gasteiger partial charge in [0.2, 0.25) is 0 Å². The fraction of sp³-hybridized carbons (Fsp3) is 0.267. The van der Waals surface area contributed by atoms with Gasteiger partial charge in [0.05, 0.1) is 11.0 Å². The van der Waals surface area contributed by atoms with Crippen molar-refractivity contribution in [3.8, 4) is 0 Å². The summed E-state index contributed by atoms with van der Waals surface area (Å²) in [5, 5.41) is 4.23. The van der Waals surface area contributed by atoms with E-state index in [0.29, 0.717) is 17.8 Å². The van der Waals surface area contributed by atoms with Gasteiger partial charge in [-0.1, -0.05) is 0 Å². The molecule has 2 aromatic heterocycles. The molecule has 0 spiro atoms. The number of imidazole rings is 1. The quantitative estimate of drug-likeness (QED) is 0.644. The number of thiophene rings is 1. The van der Waals surface area contributed by atoms with E-state index in [4.69, 9.17) is 11.6 Å². The molecule has 0 bridgehead atoms. The molecular weight excluding hydrogens is 295 g/mol. The first-order valence-corrected chi connectivity index (χ1v) is 7.97. The molecule has 0 aliphatic carbocycles. The van der Waals surface area contributed by atoms with E-state index in [9.17, 15) is 4.39 Å². The molecule has 2 nitrogen and oxygen atoms in total. The van der Waals surface area contributed by atoms with Crippen LogP contribution >= 0.6 is 22.9 Å². The Labute approximate surface area is 125 Å². The van der Waals surface area contributed by atoms with Crippen LogP contribution in [0.4, 0.5) is 4.39 Å². The molecule has 0 unspecified atom stereocenters. The van der Waals surface area contributed by atoms with E-state index in [1.807, 2.05) is 0 Å². The number of hydrogen-bond donors (Lipinski definition) is 0. The van der Waals surface area contributed by atoms with Crippen molar-refractivity contribution < 1.29 is 4.39 Å². The third-order valence-electron chi connectivity index (χ3n) is 3.31. The monoisotopic (exact) mass is 308 g/mol. The summed E-state index contributed by atoms with van der Waals surface area (Å²) in [5.74, 6) is 1.19. The van der Waals surface area contributed by atoms with Gasteiger partial charge in [0, 0.05) is 24.9 Å². The van der Waals surface area contributed by atoms with Crippen molar-refractivity contribution in [3.63, 3.8) is 0 Å². The summed E-state index contributed by atoms with van der Waals surface area (Å²) in [6.07, 6.45) is 1.64. The zero-order valence-corrected chi connectivity index (χ0v) is 12.4. The van der Waals surface area contributed by atoms with E-state index in [-0.39, 0.29) is 5.82 Å². The summed E-state index contributed by atoms with van der Waals surface area (Å²) in [6, 6.07) is 6.89. The van der Waals surface area contributed by atoms with E-state index >= 15 is 0 Å². The summed E-state index contributed by atoms with van der Waals surface area (Å²) < 4.78 is 15.4. The molecule has 5 heteroatoms. The van der Waals surface area contributed by atoms with Crippen molar-refractivity contribution in [2.45, 2.75) is 19.4 Å². The second kappa shape index (κ2) is 5.94. The molecule has 0 radical (unpaired) electrons. The van der Waals surface area contributed by atoms with Crippen LogP contribution in [0, 0.1) is 5.82 Å². The number of halogens is 2. The number of fused-ring (bicyclic) bond motifs is 1. The van der Waals surface area contributed by atoms with Crippen molar-refractivity contribution in [3.05, 3.63) is 52.2 Å². The Hall–Kier alpha value is -1.39. The van der Waals surface area contributed by atoms with Crippen LogP contribution in [0.25, 0.3) is 11.0 Å². The first kappa shape index (κ1) is 13.6. The number of nitrogens with zero attached hydrogens (tertiary/aromatic N) is 2. The number of aromatic nitrogens is 2. The highest BCUT2D eigenvalue weighted by molar-refractivity contribution is 7.07. The second-order valence-electron chi connectivity index (χ2n) is 4.63. The zero-order chi connectivity index (χ0) is 13.9. The molecule has 0 amide bonds. The molecule has 3 aromatic rings. The highest BCUT2D eigenvalue weighted by atomic mass is 35.5. The van der Waals surface area contributed by atoms with E-state index < -0.39 is 0 Å². The van der Waals surface area contributed by atoms with Gasteiger partial charge in [-0.05, 0) is 40.9 Å². The molecule has 0 fully saturated rings. The van der Waals surface area contributed by atoms with Crippen molar-refractivity contribution in [2.24, 2.45) is 0 Å². The minimum atomic E-state index is -0.252. The number of rotatable bonds is 5. The van der Waals surface area contributed by atoms with Crippen LogP contribution in [-0.4, -0.2) is 15.4 Å². The van der Waals surface area contributed by atoms with Gasteiger partial charge in [0.15, 0.2) is 0 Å². The largest absolute Gasteiger partial charge is 0.328 e. The Kier molecular flexibility index (Phi) is 4.03. The molecule has 0 N–H and O–H groups in total.